The second-order valence-electron chi connectivity index (χ2n) is 6.69. The van der Waals surface area contributed by atoms with Crippen LogP contribution in [0.3, 0.4) is 0 Å². The molecule has 2 N–H and O–H groups in total. The molecule has 3 aliphatic rings. The van der Waals surface area contributed by atoms with E-state index in [0.717, 1.165) is 31.6 Å². The lowest BCUT2D eigenvalue weighted by Gasteiger charge is -2.25. The number of nitrogens with zero attached hydrogens (tertiary/aromatic N) is 1. The third-order valence-corrected chi connectivity index (χ3v) is 5.04. The Morgan fingerprint density at radius 1 is 1.12 bits per heavy atom. The summed E-state index contributed by atoms with van der Waals surface area (Å²) in [6.45, 7) is 3.40. The van der Waals surface area contributed by atoms with Crippen LogP contribution in [0.5, 0.6) is 11.5 Å². The van der Waals surface area contributed by atoms with Crippen LogP contribution in [0.2, 0.25) is 0 Å². The molecule has 1 aromatic rings. The number of rotatable bonds is 3. The molecule has 1 unspecified atom stereocenters. The van der Waals surface area contributed by atoms with Crippen LogP contribution in [0.1, 0.15) is 19.3 Å². The van der Waals surface area contributed by atoms with Crippen LogP contribution in [0.25, 0.3) is 0 Å². The molecule has 3 aliphatic heterocycles. The summed E-state index contributed by atoms with van der Waals surface area (Å²) in [5.74, 6) is 0.476. The summed E-state index contributed by atoms with van der Waals surface area (Å²) < 4.78 is 11.1. The van der Waals surface area contributed by atoms with E-state index in [9.17, 15) is 9.59 Å². The number of hydrogen-bond donors (Lipinski definition) is 2. The Morgan fingerprint density at radius 3 is 2.62 bits per heavy atom. The van der Waals surface area contributed by atoms with Gasteiger partial charge in [-0.1, -0.05) is 0 Å². The Labute approximate surface area is 158 Å². The second kappa shape index (κ2) is 8.14. The van der Waals surface area contributed by atoms with Gasteiger partial charge in [0, 0.05) is 24.3 Å². The molecule has 1 atom stereocenters. The highest BCUT2D eigenvalue weighted by molar-refractivity contribution is 6.09. The number of nitrogens with one attached hydrogen (secondary N) is 2. The van der Waals surface area contributed by atoms with Gasteiger partial charge in [-0.3, -0.25) is 9.59 Å². The lowest BCUT2D eigenvalue weighted by Crippen LogP contribution is -2.46. The minimum Gasteiger partial charge on any atom is -0.486 e. The zero-order valence-electron chi connectivity index (χ0n) is 14.5. The van der Waals surface area contributed by atoms with Gasteiger partial charge >= 0.3 is 0 Å². The maximum absolute atomic E-state index is 12.7. The van der Waals surface area contributed by atoms with Gasteiger partial charge in [0.25, 0.3) is 0 Å². The van der Waals surface area contributed by atoms with Gasteiger partial charge < -0.3 is 25.0 Å². The summed E-state index contributed by atoms with van der Waals surface area (Å²) in [5, 5.41) is 6.31. The van der Waals surface area contributed by atoms with E-state index in [1.54, 1.807) is 4.90 Å². The minimum absolute atomic E-state index is 0. The van der Waals surface area contributed by atoms with Crippen molar-refractivity contribution in [2.75, 3.05) is 37.7 Å². The SMILES string of the molecule is Cl.O=C(NC1CCNCC1)C1CCN(c2ccc3c(c2)OCCO3)C1=O. The smallest absolute Gasteiger partial charge is 0.239 e. The van der Waals surface area contributed by atoms with Crippen LogP contribution in [0.15, 0.2) is 18.2 Å². The minimum atomic E-state index is -0.594. The molecule has 0 radical (unpaired) electrons. The van der Waals surface area contributed by atoms with E-state index in [2.05, 4.69) is 10.6 Å². The van der Waals surface area contributed by atoms with E-state index in [1.807, 2.05) is 18.2 Å². The zero-order valence-corrected chi connectivity index (χ0v) is 15.3. The number of piperidine rings is 1. The number of fused-ring (bicyclic) bond motifs is 1. The molecule has 26 heavy (non-hydrogen) atoms. The van der Waals surface area contributed by atoms with Gasteiger partial charge in [0.15, 0.2) is 11.5 Å². The summed E-state index contributed by atoms with van der Waals surface area (Å²) >= 11 is 0. The Morgan fingerprint density at radius 2 is 1.85 bits per heavy atom. The van der Waals surface area contributed by atoms with Gasteiger partial charge in [-0.2, -0.15) is 0 Å². The van der Waals surface area contributed by atoms with E-state index >= 15 is 0 Å². The van der Waals surface area contributed by atoms with Gasteiger partial charge in [-0.05, 0) is 44.5 Å². The number of benzene rings is 1. The van der Waals surface area contributed by atoms with Crippen molar-refractivity contribution in [1.82, 2.24) is 10.6 Å². The standard InChI is InChI=1S/C18H23N3O4.ClH/c22-17(20-12-3-6-19-7-4-12)14-5-8-21(18(14)23)13-1-2-15-16(11-13)25-10-9-24-15;/h1-2,11-12,14,19H,3-10H2,(H,20,22);1H. The van der Waals surface area contributed by atoms with Crippen molar-refractivity contribution in [1.29, 1.82) is 0 Å². The van der Waals surface area contributed by atoms with Gasteiger partial charge in [0.2, 0.25) is 11.8 Å². The molecule has 7 nitrogen and oxygen atoms in total. The number of carbonyl (C=O) groups is 2. The van der Waals surface area contributed by atoms with Crippen molar-refractivity contribution in [3.05, 3.63) is 18.2 Å². The first-order valence-corrected chi connectivity index (χ1v) is 8.94. The molecular weight excluding hydrogens is 358 g/mol. The third-order valence-electron chi connectivity index (χ3n) is 5.04. The maximum Gasteiger partial charge on any atom is 0.239 e. The molecular formula is C18H24ClN3O4. The van der Waals surface area contributed by atoms with E-state index < -0.39 is 5.92 Å². The molecule has 2 amide bonds. The molecule has 2 fully saturated rings. The van der Waals surface area contributed by atoms with Crippen molar-refractivity contribution < 1.29 is 19.1 Å². The van der Waals surface area contributed by atoms with Crippen molar-refractivity contribution in [2.45, 2.75) is 25.3 Å². The molecule has 8 heteroatoms. The molecule has 0 saturated carbocycles. The fraction of sp³-hybridized carbons (Fsp3) is 0.556. The van der Waals surface area contributed by atoms with E-state index in [4.69, 9.17) is 9.47 Å². The number of anilines is 1. The fourth-order valence-electron chi connectivity index (χ4n) is 3.65. The molecule has 0 aliphatic carbocycles. The molecule has 1 aromatic carbocycles. The normalized spacial score (nSPS) is 22.7. The highest BCUT2D eigenvalue weighted by atomic mass is 35.5. The summed E-state index contributed by atoms with van der Waals surface area (Å²) in [7, 11) is 0. The van der Waals surface area contributed by atoms with Crippen LogP contribution >= 0.6 is 12.4 Å². The van der Waals surface area contributed by atoms with Crippen LogP contribution in [-0.4, -0.2) is 50.7 Å². The molecule has 2 saturated heterocycles. The van der Waals surface area contributed by atoms with Gasteiger partial charge in [0.1, 0.15) is 19.1 Å². The summed E-state index contributed by atoms with van der Waals surface area (Å²) in [5.41, 5.74) is 0.756. The van der Waals surface area contributed by atoms with Gasteiger partial charge in [0.05, 0.1) is 0 Å². The number of carbonyl (C=O) groups excluding carboxylic acids is 2. The predicted octanol–water partition coefficient (Wildman–Crippen LogP) is 1.10. The first-order chi connectivity index (χ1) is 12.2. The van der Waals surface area contributed by atoms with Gasteiger partial charge in [-0.15, -0.1) is 12.4 Å². The van der Waals surface area contributed by atoms with Crippen molar-refractivity contribution in [2.24, 2.45) is 5.92 Å². The van der Waals surface area contributed by atoms with Crippen LogP contribution < -0.4 is 25.0 Å². The Balaban J connectivity index is 0.00000196. The molecule has 0 bridgehead atoms. The fourth-order valence-corrected chi connectivity index (χ4v) is 3.65. The monoisotopic (exact) mass is 381 g/mol. The van der Waals surface area contributed by atoms with Crippen LogP contribution in [0, 0.1) is 5.92 Å². The quantitative estimate of drug-likeness (QED) is 0.766. The molecule has 4 rings (SSSR count). The Bertz CT molecular complexity index is 678. The predicted molar refractivity (Wildman–Crippen MR) is 99.2 cm³/mol. The Hall–Kier alpha value is -1.99. The molecule has 3 heterocycles. The number of amides is 2. The van der Waals surface area contributed by atoms with Crippen molar-refractivity contribution in [3.63, 3.8) is 0 Å². The lowest BCUT2D eigenvalue weighted by atomic mass is 10.0. The highest BCUT2D eigenvalue weighted by Crippen LogP contribution is 2.36. The first kappa shape index (κ1) is 18.8. The second-order valence-corrected chi connectivity index (χ2v) is 6.69. The highest BCUT2D eigenvalue weighted by Gasteiger charge is 2.38. The Kier molecular flexibility index (Phi) is 5.88. The molecule has 0 spiro atoms. The largest absolute Gasteiger partial charge is 0.486 e. The van der Waals surface area contributed by atoms with Gasteiger partial charge in [-0.25, -0.2) is 0 Å². The average molecular weight is 382 g/mol. The maximum atomic E-state index is 12.7. The zero-order chi connectivity index (χ0) is 17.2. The van der Waals surface area contributed by atoms with Crippen molar-refractivity contribution >= 4 is 29.9 Å². The number of ether oxygens (including phenoxy) is 2. The van der Waals surface area contributed by atoms with E-state index in [-0.39, 0.29) is 30.3 Å². The lowest BCUT2D eigenvalue weighted by molar-refractivity contribution is -0.132. The third kappa shape index (κ3) is 3.73. The topological polar surface area (TPSA) is 79.9 Å². The summed E-state index contributed by atoms with van der Waals surface area (Å²) in [6.07, 6.45) is 2.38. The van der Waals surface area contributed by atoms with Crippen LogP contribution in [-0.2, 0) is 9.59 Å². The molecule has 0 aromatic heterocycles. The van der Waals surface area contributed by atoms with E-state index in [1.165, 1.54) is 0 Å². The van der Waals surface area contributed by atoms with Crippen LogP contribution in [0.4, 0.5) is 5.69 Å². The summed E-state index contributed by atoms with van der Waals surface area (Å²) in [4.78, 5) is 26.9. The number of hydrogen-bond acceptors (Lipinski definition) is 5. The molecule has 142 valence electrons. The van der Waals surface area contributed by atoms with E-state index in [0.29, 0.717) is 37.7 Å². The van der Waals surface area contributed by atoms with Crippen molar-refractivity contribution in [3.8, 4) is 11.5 Å². The average Bonchev–Trinajstić information content (AvgIpc) is 3.04. The number of halogens is 1. The first-order valence-electron chi connectivity index (χ1n) is 8.94. The summed E-state index contributed by atoms with van der Waals surface area (Å²) in [6, 6.07) is 5.65.